The lowest BCUT2D eigenvalue weighted by atomic mass is 10.3. The number of aromatic nitrogens is 1. The van der Waals surface area contributed by atoms with Crippen LogP contribution in [0.5, 0.6) is 0 Å². The van der Waals surface area contributed by atoms with Crippen LogP contribution in [-0.4, -0.2) is 13.0 Å². The molecule has 4 nitrogen and oxygen atoms in total. The van der Waals surface area contributed by atoms with Gasteiger partial charge < -0.3 is 0 Å². The summed E-state index contributed by atoms with van der Waals surface area (Å²) in [5, 5.41) is 0. The second kappa shape index (κ2) is 5.10. The summed E-state index contributed by atoms with van der Waals surface area (Å²) in [5.74, 6) is 2.51. The third-order valence-corrected chi connectivity index (χ3v) is 3.19. The first-order valence-electron chi connectivity index (χ1n) is 4.86. The van der Waals surface area contributed by atoms with Gasteiger partial charge in [-0.1, -0.05) is 0 Å². The summed E-state index contributed by atoms with van der Waals surface area (Å²) < 4.78 is 32.8. The third-order valence-electron chi connectivity index (χ3n) is 2.20. The molecule has 1 N–H and O–H groups in total. The number of terminal acetylenes is 1. The fraction of sp³-hybridized carbons (Fsp3) is 0.364. The molecule has 5 heteroatoms. The molecule has 0 saturated heterocycles. The van der Waals surface area contributed by atoms with E-state index in [0.717, 1.165) is 6.42 Å². The van der Waals surface area contributed by atoms with Crippen LogP contribution < -0.4 is 4.57 Å². The van der Waals surface area contributed by atoms with E-state index < -0.39 is 10.1 Å². The Morgan fingerprint density at radius 1 is 1.56 bits per heavy atom. The fourth-order valence-corrected chi connectivity index (χ4v) is 2.10. The number of unbranched alkanes of at least 4 members (excludes halogenated alkanes) is 1. The van der Waals surface area contributed by atoms with E-state index >= 15 is 0 Å². The summed E-state index contributed by atoms with van der Waals surface area (Å²) in [6.45, 7) is 2.27. The first kappa shape index (κ1) is 12.7. The van der Waals surface area contributed by atoms with Crippen molar-refractivity contribution in [1.82, 2.24) is 0 Å². The van der Waals surface area contributed by atoms with Crippen LogP contribution in [0.3, 0.4) is 0 Å². The molecule has 0 aliphatic carbocycles. The van der Waals surface area contributed by atoms with Crippen LogP contribution >= 0.6 is 0 Å². The van der Waals surface area contributed by atoms with Crippen LogP contribution in [0.15, 0.2) is 23.4 Å². The van der Waals surface area contributed by atoms with Crippen molar-refractivity contribution in [1.29, 1.82) is 0 Å². The van der Waals surface area contributed by atoms with E-state index in [1.807, 2.05) is 0 Å². The Balaban J connectivity index is 2.96. The highest BCUT2D eigenvalue weighted by Crippen LogP contribution is 2.10. The molecule has 1 rings (SSSR count). The molecule has 0 fully saturated rings. The molecule has 0 aliphatic heterocycles. The molecule has 0 bridgehead atoms. The summed E-state index contributed by atoms with van der Waals surface area (Å²) in [4.78, 5) is -0.0595. The molecule has 0 unspecified atom stereocenters. The fourth-order valence-electron chi connectivity index (χ4n) is 1.36. The number of nitrogens with zero attached hydrogens (tertiary/aromatic N) is 1. The standard InChI is InChI=1S/C11H13NO3S/c1-3-4-5-7-12-8-6-10(2)11(9-12)16(13,14)15/h1,6,8-9H,4-5,7H2,2H3/p+1. The molecule has 16 heavy (non-hydrogen) atoms. The Kier molecular flexibility index (Phi) is 4.05. The van der Waals surface area contributed by atoms with Crippen molar-refractivity contribution in [2.75, 3.05) is 0 Å². The van der Waals surface area contributed by atoms with Gasteiger partial charge in [-0.25, -0.2) is 4.57 Å². The lowest BCUT2D eigenvalue weighted by molar-refractivity contribution is -0.699. The van der Waals surface area contributed by atoms with E-state index in [1.54, 1.807) is 23.8 Å². The number of hydrogen-bond acceptors (Lipinski definition) is 2. The number of pyridine rings is 1. The van der Waals surface area contributed by atoms with Crippen molar-refractivity contribution in [2.24, 2.45) is 0 Å². The summed E-state index contributed by atoms with van der Waals surface area (Å²) in [6.07, 6.45) is 9.72. The lowest BCUT2D eigenvalue weighted by Crippen LogP contribution is -2.34. The average molecular weight is 240 g/mol. The molecule has 0 amide bonds. The quantitative estimate of drug-likeness (QED) is 0.369. The number of hydrogen-bond donors (Lipinski definition) is 1. The molecule has 0 aliphatic rings. The van der Waals surface area contributed by atoms with Gasteiger partial charge in [0.05, 0.1) is 0 Å². The molecular weight excluding hydrogens is 226 g/mol. The van der Waals surface area contributed by atoms with E-state index in [0.29, 0.717) is 18.5 Å². The second-order valence-corrected chi connectivity index (χ2v) is 4.90. The van der Waals surface area contributed by atoms with Crippen LogP contribution in [0.1, 0.15) is 18.4 Å². The van der Waals surface area contributed by atoms with Crippen molar-refractivity contribution < 1.29 is 17.5 Å². The van der Waals surface area contributed by atoms with Crippen molar-refractivity contribution in [3.63, 3.8) is 0 Å². The van der Waals surface area contributed by atoms with E-state index in [1.165, 1.54) is 6.20 Å². The molecule has 0 spiro atoms. The van der Waals surface area contributed by atoms with Crippen molar-refractivity contribution in [2.45, 2.75) is 31.2 Å². The Hall–Kier alpha value is -1.38. The number of rotatable bonds is 4. The summed E-state index contributed by atoms with van der Waals surface area (Å²) in [5.41, 5.74) is 0.524. The SMILES string of the molecule is C#CCCC[n+]1ccc(C)c(S(=O)(=O)O)c1. The van der Waals surface area contributed by atoms with E-state index in [-0.39, 0.29) is 4.90 Å². The Morgan fingerprint density at radius 3 is 2.81 bits per heavy atom. The predicted molar refractivity (Wildman–Crippen MR) is 59.3 cm³/mol. The normalized spacial score (nSPS) is 11.1. The average Bonchev–Trinajstić information content (AvgIpc) is 2.19. The van der Waals surface area contributed by atoms with E-state index in [2.05, 4.69) is 5.92 Å². The minimum absolute atomic E-state index is 0.0595. The van der Waals surface area contributed by atoms with Gasteiger partial charge >= 0.3 is 10.1 Å². The summed E-state index contributed by atoms with van der Waals surface area (Å²) >= 11 is 0. The van der Waals surface area contributed by atoms with Crippen molar-refractivity contribution >= 4 is 10.1 Å². The van der Waals surface area contributed by atoms with Crippen LogP contribution in [0.25, 0.3) is 0 Å². The Labute approximate surface area is 95.7 Å². The predicted octanol–water partition coefficient (Wildman–Crippen LogP) is 0.943. The minimum atomic E-state index is -4.15. The molecular formula is C11H14NO3S+. The molecule has 0 radical (unpaired) electrons. The van der Waals surface area contributed by atoms with Crippen LogP contribution in [0.2, 0.25) is 0 Å². The summed E-state index contributed by atoms with van der Waals surface area (Å²) in [7, 11) is -4.15. The highest BCUT2D eigenvalue weighted by atomic mass is 32.2. The largest absolute Gasteiger partial charge is 0.300 e. The monoisotopic (exact) mass is 240 g/mol. The molecule has 86 valence electrons. The zero-order valence-corrected chi connectivity index (χ0v) is 9.87. The van der Waals surface area contributed by atoms with Gasteiger partial charge in [-0.15, -0.1) is 12.3 Å². The van der Waals surface area contributed by atoms with Gasteiger partial charge in [-0.2, -0.15) is 8.42 Å². The summed E-state index contributed by atoms with van der Waals surface area (Å²) in [6, 6.07) is 1.65. The molecule has 0 atom stereocenters. The van der Waals surface area contributed by atoms with Crippen LogP contribution in [0, 0.1) is 19.3 Å². The van der Waals surface area contributed by atoms with E-state index in [4.69, 9.17) is 11.0 Å². The Morgan fingerprint density at radius 2 is 2.25 bits per heavy atom. The first-order chi connectivity index (χ1) is 7.45. The van der Waals surface area contributed by atoms with Gasteiger partial charge in [0.15, 0.2) is 17.3 Å². The van der Waals surface area contributed by atoms with Gasteiger partial charge in [0.25, 0.3) is 0 Å². The molecule has 1 aromatic rings. The maximum atomic E-state index is 11.0. The number of aryl methyl sites for hydroxylation is 2. The maximum absolute atomic E-state index is 11.0. The van der Waals surface area contributed by atoms with Crippen molar-refractivity contribution in [3.05, 3.63) is 24.0 Å². The zero-order valence-electron chi connectivity index (χ0n) is 9.05. The van der Waals surface area contributed by atoms with Gasteiger partial charge in [-0.3, -0.25) is 4.55 Å². The highest BCUT2D eigenvalue weighted by molar-refractivity contribution is 7.85. The topological polar surface area (TPSA) is 58.2 Å². The van der Waals surface area contributed by atoms with Gasteiger partial charge in [0, 0.05) is 18.9 Å². The lowest BCUT2D eigenvalue weighted by Gasteiger charge is -2.01. The molecule has 1 heterocycles. The maximum Gasteiger partial charge on any atom is 0.300 e. The van der Waals surface area contributed by atoms with Gasteiger partial charge in [0.1, 0.15) is 6.54 Å². The van der Waals surface area contributed by atoms with Gasteiger partial charge in [0.2, 0.25) is 0 Å². The van der Waals surface area contributed by atoms with Crippen LogP contribution in [-0.2, 0) is 16.7 Å². The second-order valence-electron chi connectivity index (χ2n) is 3.51. The minimum Gasteiger partial charge on any atom is -0.282 e. The smallest absolute Gasteiger partial charge is 0.282 e. The molecule has 0 saturated carbocycles. The van der Waals surface area contributed by atoms with E-state index in [9.17, 15) is 8.42 Å². The van der Waals surface area contributed by atoms with Crippen molar-refractivity contribution in [3.8, 4) is 12.3 Å². The molecule has 1 aromatic heterocycles. The molecule has 0 aromatic carbocycles. The highest BCUT2D eigenvalue weighted by Gasteiger charge is 2.17. The van der Waals surface area contributed by atoms with Crippen LogP contribution in [0.4, 0.5) is 0 Å². The first-order valence-corrected chi connectivity index (χ1v) is 6.30. The third kappa shape index (κ3) is 3.33. The Bertz CT molecular complexity index is 515. The van der Waals surface area contributed by atoms with Gasteiger partial charge in [-0.05, 0) is 12.5 Å². The zero-order chi connectivity index (χ0) is 12.2.